The van der Waals surface area contributed by atoms with Crippen molar-refractivity contribution in [3.63, 3.8) is 0 Å². The van der Waals surface area contributed by atoms with Crippen LogP contribution < -0.4 is 15.8 Å². The molecule has 0 saturated carbocycles. The number of benzene rings is 1. The lowest BCUT2D eigenvalue weighted by molar-refractivity contribution is -0.142. The van der Waals surface area contributed by atoms with Crippen molar-refractivity contribution in [2.75, 3.05) is 32.8 Å². The Hall–Kier alpha value is -2.61. The van der Waals surface area contributed by atoms with E-state index in [2.05, 4.69) is 10.2 Å². The van der Waals surface area contributed by atoms with E-state index in [4.69, 9.17) is 10.5 Å². The van der Waals surface area contributed by atoms with E-state index < -0.39 is 5.91 Å². The molecule has 0 aliphatic carbocycles. The topological polar surface area (TPSA) is 105 Å². The number of nitrogens with two attached hydrogens (primary N) is 1. The van der Waals surface area contributed by atoms with Gasteiger partial charge in [-0.3, -0.25) is 19.3 Å². The summed E-state index contributed by atoms with van der Waals surface area (Å²) in [5.74, 6) is -0.00904. The highest BCUT2D eigenvalue weighted by atomic mass is 16.5. The second-order valence-corrected chi connectivity index (χ2v) is 6.97. The fourth-order valence-corrected chi connectivity index (χ4v) is 3.56. The van der Waals surface area contributed by atoms with Crippen LogP contribution >= 0.6 is 0 Å². The predicted octanol–water partition coefficient (Wildman–Crippen LogP) is -0.0244. The van der Waals surface area contributed by atoms with Gasteiger partial charge in [-0.15, -0.1) is 0 Å². The van der Waals surface area contributed by atoms with Crippen LogP contribution in [-0.4, -0.2) is 72.4 Å². The standard InChI is InChI=1S/C19H26N4O4/c1-2-22-9-3-4-16(19(22)26)23-10-14(11-23)21-17(24)12-27-15-7-5-13(6-8-15)18(20)25/h5-8,14,16H,2-4,9-12H2,1H3,(H2,20,25)(H,21,24). The summed E-state index contributed by atoms with van der Waals surface area (Å²) in [7, 11) is 0. The van der Waals surface area contributed by atoms with Gasteiger partial charge in [-0.25, -0.2) is 0 Å². The second-order valence-electron chi connectivity index (χ2n) is 6.97. The third-order valence-corrected chi connectivity index (χ3v) is 5.11. The number of likely N-dealkylation sites (N-methyl/N-ethyl adjacent to an activating group) is 1. The van der Waals surface area contributed by atoms with E-state index in [1.165, 1.54) is 0 Å². The first-order valence-corrected chi connectivity index (χ1v) is 9.32. The Balaban J connectivity index is 1.39. The van der Waals surface area contributed by atoms with Crippen molar-refractivity contribution < 1.29 is 19.1 Å². The average Bonchev–Trinajstić information content (AvgIpc) is 2.63. The summed E-state index contributed by atoms with van der Waals surface area (Å²) in [6.45, 7) is 4.87. The van der Waals surface area contributed by atoms with Crippen LogP contribution in [0.2, 0.25) is 0 Å². The maximum absolute atomic E-state index is 12.4. The van der Waals surface area contributed by atoms with Gasteiger partial charge in [0.15, 0.2) is 6.61 Å². The molecule has 0 aromatic heterocycles. The molecule has 3 amide bonds. The van der Waals surface area contributed by atoms with Crippen LogP contribution in [0.4, 0.5) is 0 Å². The first-order chi connectivity index (χ1) is 13.0. The van der Waals surface area contributed by atoms with Crippen LogP contribution in [0.1, 0.15) is 30.1 Å². The van der Waals surface area contributed by atoms with E-state index >= 15 is 0 Å². The van der Waals surface area contributed by atoms with Gasteiger partial charge in [0.1, 0.15) is 5.75 Å². The van der Waals surface area contributed by atoms with Crippen molar-refractivity contribution >= 4 is 17.7 Å². The van der Waals surface area contributed by atoms with Gasteiger partial charge in [0.2, 0.25) is 11.8 Å². The summed E-state index contributed by atoms with van der Waals surface area (Å²) in [6, 6.07) is 6.31. The molecule has 2 fully saturated rings. The number of ether oxygens (including phenoxy) is 1. The summed E-state index contributed by atoms with van der Waals surface area (Å²) in [5, 5.41) is 2.92. The molecule has 1 atom stereocenters. The number of hydrogen-bond donors (Lipinski definition) is 2. The van der Waals surface area contributed by atoms with Crippen molar-refractivity contribution in [2.24, 2.45) is 5.73 Å². The minimum Gasteiger partial charge on any atom is -0.484 e. The number of carbonyl (C=O) groups excluding carboxylic acids is 3. The Morgan fingerprint density at radius 1 is 1.26 bits per heavy atom. The minimum atomic E-state index is -0.507. The number of likely N-dealkylation sites (tertiary alicyclic amines) is 2. The van der Waals surface area contributed by atoms with Crippen LogP contribution in [0.15, 0.2) is 24.3 Å². The van der Waals surface area contributed by atoms with Gasteiger partial charge in [-0.2, -0.15) is 0 Å². The molecule has 146 valence electrons. The maximum Gasteiger partial charge on any atom is 0.258 e. The van der Waals surface area contributed by atoms with E-state index in [1.54, 1.807) is 24.3 Å². The molecular weight excluding hydrogens is 348 g/mol. The van der Waals surface area contributed by atoms with E-state index in [-0.39, 0.29) is 30.5 Å². The molecule has 3 N–H and O–H groups in total. The molecular formula is C19H26N4O4. The number of primary amides is 1. The largest absolute Gasteiger partial charge is 0.484 e. The van der Waals surface area contributed by atoms with Crippen LogP contribution in [0.25, 0.3) is 0 Å². The van der Waals surface area contributed by atoms with E-state index in [9.17, 15) is 14.4 Å². The molecule has 0 radical (unpaired) electrons. The average molecular weight is 374 g/mol. The Kier molecular flexibility index (Phi) is 5.95. The smallest absolute Gasteiger partial charge is 0.258 e. The Labute approximate surface area is 158 Å². The van der Waals surface area contributed by atoms with Crippen LogP contribution in [-0.2, 0) is 9.59 Å². The first kappa shape index (κ1) is 19.2. The second kappa shape index (κ2) is 8.39. The number of nitrogens with one attached hydrogen (secondary N) is 1. The summed E-state index contributed by atoms with van der Waals surface area (Å²) >= 11 is 0. The number of rotatable bonds is 7. The summed E-state index contributed by atoms with van der Waals surface area (Å²) in [6.07, 6.45) is 1.92. The molecule has 27 heavy (non-hydrogen) atoms. The lowest BCUT2D eigenvalue weighted by atomic mass is 9.97. The molecule has 8 heteroatoms. The highest BCUT2D eigenvalue weighted by Crippen LogP contribution is 2.22. The van der Waals surface area contributed by atoms with Crippen molar-refractivity contribution in [1.82, 2.24) is 15.1 Å². The fourth-order valence-electron chi connectivity index (χ4n) is 3.56. The van der Waals surface area contributed by atoms with Gasteiger partial charge in [-0.05, 0) is 44.0 Å². The van der Waals surface area contributed by atoms with Crippen LogP contribution in [0, 0.1) is 0 Å². The lowest BCUT2D eigenvalue weighted by Gasteiger charge is -2.46. The van der Waals surface area contributed by atoms with E-state index in [0.29, 0.717) is 24.4 Å². The molecule has 2 saturated heterocycles. The highest BCUT2D eigenvalue weighted by Gasteiger charge is 2.39. The fraction of sp³-hybridized carbons (Fsp3) is 0.526. The van der Waals surface area contributed by atoms with Gasteiger partial charge < -0.3 is 20.7 Å². The van der Waals surface area contributed by atoms with Crippen molar-refractivity contribution in [2.45, 2.75) is 31.8 Å². The van der Waals surface area contributed by atoms with Crippen LogP contribution in [0.3, 0.4) is 0 Å². The van der Waals surface area contributed by atoms with Crippen molar-refractivity contribution in [1.29, 1.82) is 0 Å². The zero-order valence-corrected chi connectivity index (χ0v) is 15.5. The van der Waals surface area contributed by atoms with E-state index in [0.717, 1.165) is 25.9 Å². The quantitative estimate of drug-likeness (QED) is 0.698. The number of piperidine rings is 1. The first-order valence-electron chi connectivity index (χ1n) is 9.32. The predicted molar refractivity (Wildman–Crippen MR) is 99.2 cm³/mol. The van der Waals surface area contributed by atoms with Gasteiger partial charge >= 0.3 is 0 Å². The molecule has 8 nitrogen and oxygen atoms in total. The molecule has 2 heterocycles. The maximum atomic E-state index is 12.4. The van der Waals surface area contributed by atoms with Gasteiger partial charge in [0.05, 0.1) is 12.1 Å². The SMILES string of the molecule is CCN1CCCC(N2CC(NC(=O)COc3ccc(C(N)=O)cc3)C2)C1=O. The number of carbonyl (C=O) groups is 3. The zero-order valence-electron chi connectivity index (χ0n) is 15.5. The number of amides is 3. The Morgan fingerprint density at radius 3 is 2.59 bits per heavy atom. The molecule has 0 bridgehead atoms. The Morgan fingerprint density at radius 2 is 1.96 bits per heavy atom. The zero-order chi connectivity index (χ0) is 19.4. The van der Waals surface area contributed by atoms with Crippen molar-refractivity contribution in [3.05, 3.63) is 29.8 Å². The molecule has 1 aromatic rings. The number of hydrogen-bond acceptors (Lipinski definition) is 5. The van der Waals surface area contributed by atoms with Crippen molar-refractivity contribution in [3.8, 4) is 5.75 Å². The Bertz CT molecular complexity index is 700. The molecule has 2 aliphatic rings. The third kappa shape index (κ3) is 4.57. The monoisotopic (exact) mass is 374 g/mol. The summed E-state index contributed by atoms with van der Waals surface area (Å²) < 4.78 is 5.42. The normalized spacial score (nSPS) is 20.9. The minimum absolute atomic E-state index is 0.0446. The lowest BCUT2D eigenvalue weighted by Crippen LogP contribution is -2.66. The highest BCUT2D eigenvalue weighted by molar-refractivity contribution is 5.92. The van der Waals surface area contributed by atoms with Gasteiger partial charge in [-0.1, -0.05) is 0 Å². The molecule has 3 rings (SSSR count). The third-order valence-electron chi connectivity index (χ3n) is 5.11. The molecule has 2 aliphatic heterocycles. The van der Waals surface area contributed by atoms with Gasteiger partial charge in [0, 0.05) is 31.7 Å². The summed E-state index contributed by atoms with van der Waals surface area (Å²) in [4.78, 5) is 39.5. The molecule has 1 unspecified atom stereocenters. The van der Waals surface area contributed by atoms with E-state index in [1.807, 2.05) is 11.8 Å². The molecule has 1 aromatic carbocycles. The van der Waals surface area contributed by atoms with Gasteiger partial charge in [0.25, 0.3) is 5.91 Å². The number of nitrogens with zero attached hydrogens (tertiary/aromatic N) is 2. The molecule has 0 spiro atoms. The summed E-state index contributed by atoms with van der Waals surface area (Å²) in [5.41, 5.74) is 5.57. The van der Waals surface area contributed by atoms with Crippen LogP contribution in [0.5, 0.6) is 5.75 Å².